The van der Waals surface area contributed by atoms with Crippen molar-refractivity contribution in [2.45, 2.75) is 6.54 Å². The monoisotopic (exact) mass is 227 g/mol. The number of rotatable bonds is 0. The zero-order chi connectivity index (χ0) is 8.55. The summed E-state index contributed by atoms with van der Waals surface area (Å²) in [5, 5.41) is 2.97. The molecule has 0 atom stereocenters. The lowest BCUT2D eigenvalue weighted by molar-refractivity contribution is 0.601. The highest BCUT2D eigenvalue weighted by molar-refractivity contribution is 9.10. The minimum atomic E-state index is -0.156. The summed E-state index contributed by atoms with van der Waals surface area (Å²) >= 11 is 3.25. The average Bonchev–Trinajstić information content (AvgIpc) is 2.04. The quantitative estimate of drug-likeness (QED) is 0.719. The third kappa shape index (κ3) is 1.25. The minimum Gasteiger partial charge on any atom is -0.387 e. The first kappa shape index (κ1) is 7.80. The van der Waals surface area contributed by atoms with Crippen LogP contribution in [-0.2, 0) is 6.54 Å². The van der Waals surface area contributed by atoms with Crippen molar-refractivity contribution in [3.8, 4) is 0 Å². The summed E-state index contributed by atoms with van der Waals surface area (Å²) < 4.78 is 14.0. The van der Waals surface area contributed by atoms with Crippen molar-refractivity contribution >= 4 is 22.0 Å². The Morgan fingerprint density at radius 2 is 2.25 bits per heavy atom. The van der Waals surface area contributed by atoms with Gasteiger partial charge in [0.2, 0.25) is 0 Å². The van der Waals surface area contributed by atoms with Crippen molar-refractivity contribution in [1.82, 2.24) is 5.32 Å². The van der Waals surface area contributed by atoms with Crippen LogP contribution in [0.1, 0.15) is 11.1 Å². The van der Waals surface area contributed by atoms with Gasteiger partial charge in [0.05, 0.1) is 0 Å². The molecule has 62 valence electrons. The predicted molar refractivity (Wildman–Crippen MR) is 50.0 cm³/mol. The van der Waals surface area contributed by atoms with E-state index in [1.54, 1.807) is 0 Å². The fraction of sp³-hybridized carbons (Fsp3) is 0.111. The first-order chi connectivity index (χ1) is 5.77. The Kier molecular flexibility index (Phi) is 1.89. The van der Waals surface area contributed by atoms with Gasteiger partial charge < -0.3 is 5.32 Å². The van der Waals surface area contributed by atoms with Crippen LogP contribution in [0.2, 0.25) is 0 Å². The number of benzene rings is 1. The zero-order valence-corrected chi connectivity index (χ0v) is 7.86. The van der Waals surface area contributed by atoms with Gasteiger partial charge in [0, 0.05) is 16.6 Å². The molecule has 0 amide bonds. The highest BCUT2D eigenvalue weighted by Crippen LogP contribution is 2.23. The Morgan fingerprint density at radius 3 is 3.08 bits per heavy atom. The molecule has 1 heterocycles. The van der Waals surface area contributed by atoms with E-state index in [0.29, 0.717) is 6.54 Å². The van der Waals surface area contributed by atoms with Crippen LogP contribution < -0.4 is 5.32 Å². The third-order valence-corrected chi connectivity index (χ3v) is 2.31. The van der Waals surface area contributed by atoms with E-state index in [0.717, 1.165) is 15.6 Å². The van der Waals surface area contributed by atoms with E-state index < -0.39 is 0 Å². The summed E-state index contributed by atoms with van der Waals surface area (Å²) in [7, 11) is 0. The topological polar surface area (TPSA) is 12.0 Å². The van der Waals surface area contributed by atoms with Gasteiger partial charge in [-0.25, -0.2) is 4.39 Å². The fourth-order valence-corrected chi connectivity index (χ4v) is 1.72. The van der Waals surface area contributed by atoms with Crippen LogP contribution in [0.15, 0.2) is 22.8 Å². The predicted octanol–water partition coefficient (Wildman–Crippen LogP) is 2.66. The van der Waals surface area contributed by atoms with Crippen LogP contribution in [0.25, 0.3) is 6.08 Å². The van der Waals surface area contributed by atoms with Crippen LogP contribution in [0.3, 0.4) is 0 Å². The molecule has 0 unspecified atom stereocenters. The Hall–Kier alpha value is -0.830. The highest BCUT2D eigenvalue weighted by Gasteiger charge is 2.09. The lowest BCUT2D eigenvalue weighted by Crippen LogP contribution is -2.11. The summed E-state index contributed by atoms with van der Waals surface area (Å²) in [6.07, 6.45) is 3.70. The van der Waals surface area contributed by atoms with E-state index in [-0.39, 0.29) is 5.82 Å². The normalized spacial score (nSPS) is 13.8. The molecule has 0 aliphatic carbocycles. The number of hydrogen-bond donors (Lipinski definition) is 1. The largest absolute Gasteiger partial charge is 0.387 e. The zero-order valence-electron chi connectivity index (χ0n) is 6.27. The summed E-state index contributed by atoms with van der Waals surface area (Å²) in [5.74, 6) is -0.156. The number of halogens is 2. The second-order valence-corrected chi connectivity index (χ2v) is 3.59. The molecule has 0 saturated heterocycles. The Labute approximate surface area is 78.4 Å². The number of hydrogen-bond acceptors (Lipinski definition) is 1. The molecule has 0 fully saturated rings. The molecule has 1 aromatic rings. The molecule has 0 bridgehead atoms. The van der Waals surface area contributed by atoms with E-state index in [1.165, 1.54) is 6.07 Å². The second-order valence-electron chi connectivity index (χ2n) is 2.67. The van der Waals surface area contributed by atoms with Gasteiger partial charge in [0.1, 0.15) is 5.82 Å². The molecule has 1 nitrogen and oxygen atoms in total. The Balaban J connectivity index is 2.62. The van der Waals surface area contributed by atoms with E-state index in [9.17, 15) is 4.39 Å². The third-order valence-electron chi connectivity index (χ3n) is 1.85. The van der Waals surface area contributed by atoms with E-state index in [2.05, 4.69) is 21.2 Å². The SMILES string of the molecule is Fc1cc(Br)cc2c1CNC=C2. The molecule has 1 aliphatic rings. The lowest BCUT2D eigenvalue weighted by Gasteiger charge is -2.12. The van der Waals surface area contributed by atoms with Crippen molar-refractivity contribution in [3.05, 3.63) is 39.7 Å². The molecule has 0 spiro atoms. The molecular weight excluding hydrogens is 221 g/mol. The molecule has 1 N–H and O–H groups in total. The van der Waals surface area contributed by atoms with Crippen LogP contribution in [0.5, 0.6) is 0 Å². The smallest absolute Gasteiger partial charge is 0.129 e. The summed E-state index contributed by atoms with van der Waals surface area (Å²) in [4.78, 5) is 0. The molecule has 12 heavy (non-hydrogen) atoms. The van der Waals surface area contributed by atoms with Gasteiger partial charge in [-0.15, -0.1) is 0 Å². The minimum absolute atomic E-state index is 0.156. The van der Waals surface area contributed by atoms with Crippen molar-refractivity contribution in [3.63, 3.8) is 0 Å². The van der Waals surface area contributed by atoms with Crippen LogP contribution in [-0.4, -0.2) is 0 Å². The van der Waals surface area contributed by atoms with Gasteiger partial charge in [-0.1, -0.05) is 15.9 Å². The van der Waals surface area contributed by atoms with Crippen LogP contribution in [0, 0.1) is 5.82 Å². The Morgan fingerprint density at radius 1 is 1.42 bits per heavy atom. The maximum atomic E-state index is 13.2. The number of fused-ring (bicyclic) bond motifs is 1. The van der Waals surface area contributed by atoms with Gasteiger partial charge in [-0.2, -0.15) is 0 Å². The molecule has 1 aromatic carbocycles. The molecule has 0 radical (unpaired) electrons. The maximum Gasteiger partial charge on any atom is 0.129 e. The first-order valence-corrected chi connectivity index (χ1v) is 4.44. The van der Waals surface area contributed by atoms with Gasteiger partial charge in [-0.3, -0.25) is 0 Å². The van der Waals surface area contributed by atoms with E-state index in [4.69, 9.17) is 0 Å². The van der Waals surface area contributed by atoms with Crippen molar-refractivity contribution in [2.24, 2.45) is 0 Å². The summed E-state index contributed by atoms with van der Waals surface area (Å²) in [5.41, 5.74) is 1.68. The molecule has 0 saturated carbocycles. The molecule has 0 aromatic heterocycles. The van der Waals surface area contributed by atoms with Crippen LogP contribution >= 0.6 is 15.9 Å². The molecule has 3 heteroatoms. The maximum absolute atomic E-state index is 13.2. The Bertz CT molecular complexity index is 347. The van der Waals surface area contributed by atoms with Crippen molar-refractivity contribution in [2.75, 3.05) is 0 Å². The molecule has 2 rings (SSSR count). The van der Waals surface area contributed by atoms with Gasteiger partial charge >= 0.3 is 0 Å². The standard InChI is InChI=1S/C9H7BrFN/c10-7-3-6-1-2-12-5-8(6)9(11)4-7/h1-4,12H,5H2. The van der Waals surface area contributed by atoms with E-state index in [1.807, 2.05) is 18.3 Å². The van der Waals surface area contributed by atoms with E-state index >= 15 is 0 Å². The van der Waals surface area contributed by atoms with Crippen molar-refractivity contribution in [1.29, 1.82) is 0 Å². The first-order valence-electron chi connectivity index (χ1n) is 3.65. The van der Waals surface area contributed by atoms with Gasteiger partial charge in [0.15, 0.2) is 0 Å². The average molecular weight is 228 g/mol. The van der Waals surface area contributed by atoms with Gasteiger partial charge in [-0.05, 0) is 30.0 Å². The van der Waals surface area contributed by atoms with Gasteiger partial charge in [0.25, 0.3) is 0 Å². The second kappa shape index (κ2) is 2.90. The molecular formula is C9H7BrFN. The van der Waals surface area contributed by atoms with Crippen LogP contribution in [0.4, 0.5) is 4.39 Å². The summed E-state index contributed by atoms with van der Waals surface area (Å²) in [6, 6.07) is 3.40. The fourth-order valence-electron chi connectivity index (χ4n) is 1.27. The molecule has 1 aliphatic heterocycles. The highest BCUT2D eigenvalue weighted by atomic mass is 79.9. The van der Waals surface area contributed by atoms with Crippen molar-refractivity contribution < 1.29 is 4.39 Å². The summed E-state index contributed by atoms with van der Waals surface area (Å²) in [6.45, 7) is 0.574. The lowest BCUT2D eigenvalue weighted by atomic mass is 10.1. The number of nitrogens with one attached hydrogen (secondary N) is 1.